The van der Waals surface area contributed by atoms with Crippen molar-refractivity contribution in [3.05, 3.63) is 26.6 Å². The van der Waals surface area contributed by atoms with Crippen LogP contribution in [0, 0.1) is 5.92 Å². The summed E-state index contributed by atoms with van der Waals surface area (Å²) in [5.41, 5.74) is 0.872. The van der Waals surface area contributed by atoms with Crippen molar-refractivity contribution in [2.24, 2.45) is 5.92 Å². The molecule has 1 aromatic carbocycles. The van der Waals surface area contributed by atoms with Gasteiger partial charge in [0.15, 0.2) is 0 Å². The molecule has 2 rings (SSSR count). The van der Waals surface area contributed by atoms with Gasteiger partial charge < -0.3 is 9.84 Å². The Labute approximate surface area is 125 Å². The fraction of sp³-hybridized carbons (Fsp3) is 0.571. The first-order valence-electron chi connectivity index (χ1n) is 6.42. The Morgan fingerprint density at radius 3 is 2.33 bits per heavy atom. The molecule has 0 aromatic heterocycles. The molecule has 0 bridgehead atoms. The molecule has 1 N–H and O–H groups in total. The smallest absolute Gasteiger partial charge is 0.147 e. The predicted octanol–water partition coefficient (Wildman–Crippen LogP) is 4.66. The van der Waals surface area contributed by atoms with Gasteiger partial charge in [-0.15, -0.1) is 0 Å². The summed E-state index contributed by atoms with van der Waals surface area (Å²) < 4.78 is 7.64. The summed E-state index contributed by atoms with van der Waals surface area (Å²) in [4.78, 5) is 0. The second-order valence-corrected chi connectivity index (χ2v) is 6.54. The third kappa shape index (κ3) is 3.72. The first-order valence-corrected chi connectivity index (χ1v) is 8.01. The first-order chi connectivity index (χ1) is 8.70. The number of aliphatic hydroxyl groups excluding tert-OH is 1. The van der Waals surface area contributed by atoms with E-state index < -0.39 is 0 Å². The molecular formula is C14H18Br2O2. The Morgan fingerprint density at radius 2 is 1.78 bits per heavy atom. The molecule has 100 valence electrons. The Balaban J connectivity index is 1.92. The van der Waals surface area contributed by atoms with Gasteiger partial charge in [0.05, 0.1) is 22.2 Å². The van der Waals surface area contributed by atoms with Crippen molar-refractivity contribution < 1.29 is 9.84 Å². The van der Waals surface area contributed by atoms with Crippen LogP contribution in [0.4, 0.5) is 0 Å². The van der Waals surface area contributed by atoms with Gasteiger partial charge in [-0.2, -0.15) is 0 Å². The molecular weight excluding hydrogens is 360 g/mol. The normalized spacial score (nSPS) is 16.2. The second kappa shape index (κ2) is 6.92. The van der Waals surface area contributed by atoms with Crippen molar-refractivity contribution in [1.29, 1.82) is 0 Å². The van der Waals surface area contributed by atoms with Crippen molar-refractivity contribution in [2.45, 2.75) is 38.7 Å². The number of aliphatic hydroxyl groups is 1. The van der Waals surface area contributed by atoms with E-state index in [1.807, 2.05) is 12.1 Å². The number of benzene rings is 1. The minimum absolute atomic E-state index is 0.0412. The summed E-state index contributed by atoms with van der Waals surface area (Å²) in [7, 11) is 0. The Bertz CT molecular complexity index is 378. The number of hydrogen-bond acceptors (Lipinski definition) is 2. The van der Waals surface area contributed by atoms with Crippen LogP contribution in [0.5, 0.6) is 5.75 Å². The van der Waals surface area contributed by atoms with Crippen LogP contribution in [0.3, 0.4) is 0 Å². The maximum absolute atomic E-state index is 9.11. The highest BCUT2D eigenvalue weighted by molar-refractivity contribution is 9.11. The minimum Gasteiger partial charge on any atom is -0.491 e. The second-order valence-electron chi connectivity index (χ2n) is 4.83. The van der Waals surface area contributed by atoms with Gasteiger partial charge in [-0.3, -0.25) is 0 Å². The average molecular weight is 378 g/mol. The third-order valence-electron chi connectivity index (χ3n) is 3.49. The lowest BCUT2D eigenvalue weighted by Crippen LogP contribution is -2.04. The summed E-state index contributed by atoms with van der Waals surface area (Å²) in [5, 5.41) is 9.11. The van der Waals surface area contributed by atoms with E-state index in [9.17, 15) is 0 Å². The molecule has 18 heavy (non-hydrogen) atoms. The van der Waals surface area contributed by atoms with E-state index in [-0.39, 0.29) is 6.61 Å². The topological polar surface area (TPSA) is 29.5 Å². The molecule has 0 amide bonds. The van der Waals surface area contributed by atoms with E-state index in [2.05, 4.69) is 31.9 Å². The largest absolute Gasteiger partial charge is 0.491 e. The van der Waals surface area contributed by atoms with Crippen molar-refractivity contribution in [2.75, 3.05) is 6.61 Å². The fourth-order valence-electron chi connectivity index (χ4n) is 2.47. The molecule has 1 saturated carbocycles. The van der Waals surface area contributed by atoms with Crippen LogP contribution in [0.1, 0.15) is 37.7 Å². The zero-order valence-electron chi connectivity index (χ0n) is 10.3. The van der Waals surface area contributed by atoms with E-state index in [0.717, 1.165) is 39.2 Å². The molecule has 4 heteroatoms. The van der Waals surface area contributed by atoms with E-state index in [1.165, 1.54) is 25.7 Å². The third-order valence-corrected chi connectivity index (χ3v) is 4.67. The maximum Gasteiger partial charge on any atom is 0.147 e. The highest BCUT2D eigenvalue weighted by Crippen LogP contribution is 2.35. The van der Waals surface area contributed by atoms with Gasteiger partial charge in [-0.25, -0.2) is 0 Å². The van der Waals surface area contributed by atoms with Crippen LogP contribution in [0.15, 0.2) is 21.1 Å². The molecule has 0 unspecified atom stereocenters. The van der Waals surface area contributed by atoms with E-state index >= 15 is 0 Å². The van der Waals surface area contributed by atoms with Crippen molar-refractivity contribution in [1.82, 2.24) is 0 Å². The van der Waals surface area contributed by atoms with Crippen LogP contribution in [0.25, 0.3) is 0 Å². The van der Waals surface area contributed by atoms with Crippen molar-refractivity contribution in [3.63, 3.8) is 0 Å². The van der Waals surface area contributed by atoms with Crippen molar-refractivity contribution in [3.8, 4) is 5.75 Å². The summed E-state index contributed by atoms with van der Waals surface area (Å²) >= 11 is 6.97. The SMILES string of the molecule is OCc1cc(Br)c(OCCC2CCCC2)c(Br)c1. The summed E-state index contributed by atoms with van der Waals surface area (Å²) in [5.74, 6) is 1.68. The maximum atomic E-state index is 9.11. The Morgan fingerprint density at radius 1 is 1.17 bits per heavy atom. The summed E-state index contributed by atoms with van der Waals surface area (Å²) in [6.45, 7) is 0.805. The van der Waals surface area contributed by atoms with Gasteiger partial charge in [-0.05, 0) is 61.9 Å². The Hall–Kier alpha value is -0.0600. The average Bonchev–Trinajstić information content (AvgIpc) is 2.85. The highest BCUT2D eigenvalue weighted by Gasteiger charge is 2.15. The molecule has 0 aliphatic heterocycles. The van der Waals surface area contributed by atoms with Gasteiger partial charge in [0.25, 0.3) is 0 Å². The summed E-state index contributed by atoms with van der Waals surface area (Å²) in [6, 6.07) is 3.80. The molecule has 0 saturated heterocycles. The van der Waals surface area contributed by atoms with Crippen LogP contribution in [-0.4, -0.2) is 11.7 Å². The van der Waals surface area contributed by atoms with E-state index in [1.54, 1.807) is 0 Å². The standard InChI is InChI=1S/C14H18Br2O2/c15-12-7-11(9-17)8-13(16)14(12)18-6-5-10-3-1-2-4-10/h7-8,10,17H,1-6,9H2. The molecule has 0 spiro atoms. The monoisotopic (exact) mass is 376 g/mol. The predicted molar refractivity (Wildman–Crippen MR) is 79.8 cm³/mol. The van der Waals surface area contributed by atoms with Gasteiger partial charge in [0.2, 0.25) is 0 Å². The highest BCUT2D eigenvalue weighted by atomic mass is 79.9. The Kier molecular flexibility index (Phi) is 5.52. The molecule has 0 atom stereocenters. The lowest BCUT2D eigenvalue weighted by atomic mass is 10.1. The van der Waals surface area contributed by atoms with E-state index in [4.69, 9.17) is 9.84 Å². The lowest BCUT2D eigenvalue weighted by molar-refractivity contribution is 0.273. The van der Waals surface area contributed by atoms with Crippen LogP contribution < -0.4 is 4.74 Å². The lowest BCUT2D eigenvalue weighted by Gasteiger charge is -2.13. The molecule has 1 aliphatic carbocycles. The number of ether oxygens (including phenoxy) is 1. The number of hydrogen-bond donors (Lipinski definition) is 1. The zero-order valence-corrected chi connectivity index (χ0v) is 13.5. The molecule has 2 nitrogen and oxygen atoms in total. The molecule has 0 heterocycles. The summed E-state index contributed by atoms with van der Waals surface area (Å²) in [6.07, 6.45) is 6.61. The molecule has 1 fully saturated rings. The number of rotatable bonds is 5. The number of halogens is 2. The van der Waals surface area contributed by atoms with Gasteiger partial charge >= 0.3 is 0 Å². The first kappa shape index (κ1) is 14.4. The van der Waals surface area contributed by atoms with Crippen LogP contribution >= 0.6 is 31.9 Å². The quantitative estimate of drug-likeness (QED) is 0.808. The van der Waals surface area contributed by atoms with Gasteiger partial charge in [0.1, 0.15) is 5.75 Å². The molecule has 1 aromatic rings. The zero-order chi connectivity index (χ0) is 13.0. The van der Waals surface area contributed by atoms with Crippen molar-refractivity contribution >= 4 is 31.9 Å². The van der Waals surface area contributed by atoms with Crippen LogP contribution in [0.2, 0.25) is 0 Å². The minimum atomic E-state index is 0.0412. The van der Waals surface area contributed by atoms with Gasteiger partial charge in [0, 0.05) is 0 Å². The fourth-order valence-corrected chi connectivity index (χ4v) is 3.98. The molecule has 0 radical (unpaired) electrons. The molecule has 1 aliphatic rings. The van der Waals surface area contributed by atoms with Gasteiger partial charge in [-0.1, -0.05) is 25.7 Å². The van der Waals surface area contributed by atoms with Crippen LogP contribution in [-0.2, 0) is 6.61 Å². The van der Waals surface area contributed by atoms with E-state index in [0.29, 0.717) is 0 Å².